The predicted octanol–water partition coefficient (Wildman–Crippen LogP) is 2.22. The van der Waals surface area contributed by atoms with E-state index in [-0.39, 0.29) is 18.9 Å². The van der Waals surface area contributed by atoms with E-state index in [1.807, 2.05) is 18.2 Å². The average Bonchev–Trinajstić information content (AvgIpc) is 2.89. The van der Waals surface area contributed by atoms with Gasteiger partial charge in [-0.15, -0.1) is 0 Å². The highest BCUT2D eigenvalue weighted by molar-refractivity contribution is 6.07. The normalized spacial score (nSPS) is 22.3. The van der Waals surface area contributed by atoms with E-state index < -0.39 is 17.5 Å². The number of nitrogens with zero attached hydrogens (tertiary/aromatic N) is 3. The number of urea groups is 1. The van der Waals surface area contributed by atoms with Gasteiger partial charge in [0.05, 0.1) is 25.2 Å². The third-order valence-corrected chi connectivity index (χ3v) is 5.14. The first-order valence-corrected chi connectivity index (χ1v) is 8.64. The Morgan fingerprint density at radius 2 is 2.19 bits per heavy atom. The minimum absolute atomic E-state index is 0.0100. The predicted molar refractivity (Wildman–Crippen MR) is 91.8 cm³/mol. The monoisotopic (exact) mass is 352 g/mol. The molecule has 7 heteroatoms. The molecule has 0 saturated carbocycles. The van der Waals surface area contributed by atoms with Gasteiger partial charge in [0.1, 0.15) is 11.3 Å². The molecule has 1 heterocycles. The van der Waals surface area contributed by atoms with Gasteiger partial charge in [-0.3, -0.25) is 9.69 Å². The van der Waals surface area contributed by atoms with Crippen LogP contribution in [0.3, 0.4) is 0 Å². The highest BCUT2D eigenvalue weighted by Gasteiger charge is 2.54. The van der Waals surface area contributed by atoms with Crippen molar-refractivity contribution >= 4 is 11.9 Å². The zero-order chi connectivity index (χ0) is 18.7. The molecule has 1 aromatic carbocycles. The molecule has 0 aromatic heterocycles. The quantitative estimate of drug-likeness (QED) is 0.818. The zero-order valence-corrected chi connectivity index (χ0v) is 14.6. The van der Waals surface area contributed by atoms with E-state index in [4.69, 9.17) is 10.00 Å². The number of carbonyl (C=O) groups is 2. The van der Waals surface area contributed by atoms with Crippen LogP contribution in [0, 0.1) is 28.6 Å². The van der Waals surface area contributed by atoms with Crippen LogP contribution in [0.2, 0.25) is 0 Å². The number of nitriles is 2. The molecule has 26 heavy (non-hydrogen) atoms. The first kappa shape index (κ1) is 17.8. The Hall–Kier alpha value is -3.06. The van der Waals surface area contributed by atoms with Gasteiger partial charge >= 0.3 is 6.03 Å². The second-order valence-electron chi connectivity index (χ2n) is 6.65. The Balaban J connectivity index is 1.90. The first-order valence-electron chi connectivity index (χ1n) is 8.64. The molecule has 3 amide bonds. The van der Waals surface area contributed by atoms with Crippen molar-refractivity contribution in [1.82, 2.24) is 10.2 Å². The van der Waals surface area contributed by atoms with Crippen LogP contribution in [0.25, 0.3) is 0 Å². The summed E-state index contributed by atoms with van der Waals surface area (Å²) in [5.41, 5.74) is 0.731. The van der Waals surface area contributed by atoms with Gasteiger partial charge in [-0.05, 0) is 48.9 Å². The van der Waals surface area contributed by atoms with Crippen LogP contribution in [-0.4, -0.2) is 30.5 Å². The number of rotatable bonds is 5. The summed E-state index contributed by atoms with van der Waals surface area (Å²) in [5.74, 6) is -0.139. The molecule has 3 rings (SSSR count). The molecule has 0 unspecified atom stereocenters. The summed E-state index contributed by atoms with van der Waals surface area (Å²) in [5, 5.41) is 20.8. The highest BCUT2D eigenvalue weighted by Crippen LogP contribution is 2.41. The number of fused-ring (bicyclic) bond motifs is 2. The fraction of sp³-hybridized carbons (Fsp3) is 0.474. The van der Waals surface area contributed by atoms with Crippen LogP contribution in [-0.2, 0) is 16.8 Å². The number of hydrogen-bond acceptors (Lipinski definition) is 5. The lowest BCUT2D eigenvalue weighted by Gasteiger charge is -2.33. The summed E-state index contributed by atoms with van der Waals surface area (Å²) in [6.07, 6.45) is 2.68. The van der Waals surface area contributed by atoms with Crippen molar-refractivity contribution in [1.29, 1.82) is 10.5 Å². The van der Waals surface area contributed by atoms with E-state index in [1.54, 1.807) is 13.2 Å². The van der Waals surface area contributed by atoms with Crippen molar-refractivity contribution in [2.24, 2.45) is 5.92 Å². The van der Waals surface area contributed by atoms with E-state index in [0.29, 0.717) is 12.8 Å². The Morgan fingerprint density at radius 3 is 2.88 bits per heavy atom. The molecule has 1 aromatic rings. The van der Waals surface area contributed by atoms with Crippen LogP contribution in [0.15, 0.2) is 18.2 Å². The molecule has 7 nitrogen and oxygen atoms in total. The van der Waals surface area contributed by atoms with E-state index >= 15 is 0 Å². The van der Waals surface area contributed by atoms with Crippen molar-refractivity contribution in [2.75, 3.05) is 13.7 Å². The maximum atomic E-state index is 13.2. The SMILES string of the molecule is COc1ccc2c(c1)CCC[C@]21NC(=O)N(C[C@H](C#N)CCC#N)C1=O. The van der Waals surface area contributed by atoms with Gasteiger partial charge in [0.15, 0.2) is 0 Å². The fourth-order valence-electron chi connectivity index (χ4n) is 3.80. The summed E-state index contributed by atoms with van der Waals surface area (Å²) in [6, 6.07) is 9.14. The second kappa shape index (κ2) is 7.05. The molecule has 134 valence electrons. The molecular formula is C19H20N4O3. The lowest BCUT2D eigenvalue weighted by atomic mass is 9.76. The first-order chi connectivity index (χ1) is 12.6. The molecule has 1 spiro atoms. The maximum absolute atomic E-state index is 13.2. The molecular weight excluding hydrogens is 332 g/mol. The molecule has 1 fully saturated rings. The number of ether oxygens (including phenoxy) is 1. The number of hydrogen-bond donors (Lipinski definition) is 1. The summed E-state index contributed by atoms with van der Waals surface area (Å²) in [4.78, 5) is 26.8. The lowest BCUT2D eigenvalue weighted by molar-refractivity contribution is -0.132. The largest absolute Gasteiger partial charge is 0.497 e. The van der Waals surface area contributed by atoms with Crippen molar-refractivity contribution < 1.29 is 14.3 Å². The third kappa shape index (κ3) is 2.86. The number of methoxy groups -OCH3 is 1. The number of nitrogens with one attached hydrogen (secondary N) is 1. The van der Waals surface area contributed by atoms with E-state index in [2.05, 4.69) is 11.4 Å². The molecule has 1 N–H and O–H groups in total. The number of imide groups is 1. The Labute approximate surface area is 152 Å². The van der Waals surface area contributed by atoms with Gasteiger partial charge in [0.2, 0.25) is 0 Å². The molecule has 1 aliphatic carbocycles. The molecule has 1 aliphatic heterocycles. The van der Waals surface area contributed by atoms with Crippen LogP contribution < -0.4 is 10.1 Å². The molecule has 0 radical (unpaired) electrons. The molecule has 2 atom stereocenters. The Morgan fingerprint density at radius 1 is 1.38 bits per heavy atom. The van der Waals surface area contributed by atoms with Gasteiger partial charge in [-0.25, -0.2) is 4.79 Å². The number of amides is 3. The highest BCUT2D eigenvalue weighted by atomic mass is 16.5. The van der Waals surface area contributed by atoms with Gasteiger partial charge < -0.3 is 10.1 Å². The van der Waals surface area contributed by atoms with Gasteiger partial charge in [0.25, 0.3) is 5.91 Å². The molecule has 0 bridgehead atoms. The van der Waals surface area contributed by atoms with Crippen LogP contribution in [0.5, 0.6) is 5.75 Å². The van der Waals surface area contributed by atoms with Crippen molar-refractivity contribution in [3.05, 3.63) is 29.3 Å². The van der Waals surface area contributed by atoms with Gasteiger partial charge in [-0.2, -0.15) is 10.5 Å². The second-order valence-corrected chi connectivity index (χ2v) is 6.65. The minimum atomic E-state index is -1.06. The smallest absolute Gasteiger partial charge is 0.325 e. The van der Waals surface area contributed by atoms with Gasteiger partial charge in [-0.1, -0.05) is 6.07 Å². The van der Waals surface area contributed by atoms with Crippen molar-refractivity contribution in [2.45, 2.75) is 37.6 Å². The number of benzene rings is 1. The molecule has 1 saturated heterocycles. The summed E-state index contributed by atoms with van der Waals surface area (Å²) >= 11 is 0. The topological polar surface area (TPSA) is 106 Å². The van der Waals surface area contributed by atoms with Crippen LogP contribution in [0.1, 0.15) is 36.8 Å². The van der Waals surface area contributed by atoms with Gasteiger partial charge in [0, 0.05) is 13.0 Å². The fourth-order valence-corrected chi connectivity index (χ4v) is 3.80. The average molecular weight is 352 g/mol. The molecule has 2 aliphatic rings. The Kier molecular flexibility index (Phi) is 4.81. The van der Waals surface area contributed by atoms with E-state index in [0.717, 1.165) is 34.6 Å². The number of aryl methyl sites for hydroxylation is 1. The standard InChI is InChI=1S/C19H20N4O3/c1-26-15-6-7-16-14(10-15)5-2-8-19(16)17(24)23(18(25)22-19)12-13(11-21)4-3-9-20/h6-7,10,13H,2-5,8,12H2,1H3,(H,22,25)/t13-,19-/m0/s1. The zero-order valence-electron chi connectivity index (χ0n) is 14.6. The Bertz CT molecular complexity index is 823. The van der Waals surface area contributed by atoms with Crippen molar-refractivity contribution in [3.8, 4) is 17.9 Å². The van der Waals surface area contributed by atoms with Crippen molar-refractivity contribution in [3.63, 3.8) is 0 Å². The summed E-state index contributed by atoms with van der Waals surface area (Å²) in [7, 11) is 1.59. The lowest BCUT2D eigenvalue weighted by Crippen LogP contribution is -2.46. The third-order valence-electron chi connectivity index (χ3n) is 5.14. The maximum Gasteiger partial charge on any atom is 0.325 e. The van der Waals surface area contributed by atoms with E-state index in [9.17, 15) is 14.9 Å². The number of carbonyl (C=O) groups excluding carboxylic acids is 2. The van der Waals surface area contributed by atoms with Crippen LogP contribution in [0.4, 0.5) is 4.79 Å². The van der Waals surface area contributed by atoms with Crippen LogP contribution >= 0.6 is 0 Å². The van der Waals surface area contributed by atoms with E-state index in [1.165, 1.54) is 0 Å². The summed E-state index contributed by atoms with van der Waals surface area (Å²) in [6.45, 7) is 0.0100. The summed E-state index contributed by atoms with van der Waals surface area (Å²) < 4.78 is 5.26. The minimum Gasteiger partial charge on any atom is -0.497 e.